The van der Waals surface area contributed by atoms with Crippen molar-refractivity contribution in [2.45, 2.75) is 31.9 Å². The van der Waals surface area contributed by atoms with Crippen molar-refractivity contribution in [3.63, 3.8) is 0 Å². The van der Waals surface area contributed by atoms with Crippen LogP contribution in [0.4, 0.5) is 4.39 Å². The molecule has 0 aliphatic rings. The van der Waals surface area contributed by atoms with Gasteiger partial charge in [0.15, 0.2) is 0 Å². The molecule has 1 atom stereocenters. The molecule has 2 aromatic carbocycles. The molecule has 0 bridgehead atoms. The third kappa shape index (κ3) is 7.03. The summed E-state index contributed by atoms with van der Waals surface area (Å²) in [5.41, 5.74) is 1.62. The first kappa shape index (κ1) is 19.6. The number of hydrogen-bond donors (Lipinski definition) is 2. The quantitative estimate of drug-likeness (QED) is 0.637. The molecule has 0 radical (unpaired) electrons. The van der Waals surface area contributed by atoms with Crippen LogP contribution in [0.1, 0.15) is 36.4 Å². The second-order valence-electron chi connectivity index (χ2n) is 5.91. The number of ether oxygens (including phenoxy) is 1. The third-order valence-corrected chi connectivity index (χ3v) is 3.79. The summed E-state index contributed by atoms with van der Waals surface area (Å²) in [6.45, 7) is 0.919. The zero-order valence-corrected chi connectivity index (χ0v) is 14.4. The molecular weight excluding hydrogens is 337 g/mol. The fourth-order valence-electron chi connectivity index (χ4n) is 2.49. The Hall–Kier alpha value is -2.73. The molecule has 2 rings (SSSR count). The van der Waals surface area contributed by atoms with Crippen molar-refractivity contribution >= 4 is 11.9 Å². The highest BCUT2D eigenvalue weighted by Gasteiger charge is 2.18. The van der Waals surface area contributed by atoms with E-state index in [4.69, 9.17) is 9.84 Å². The van der Waals surface area contributed by atoms with Crippen molar-refractivity contribution in [2.75, 3.05) is 6.61 Å². The Morgan fingerprint density at radius 3 is 2.42 bits per heavy atom. The highest BCUT2D eigenvalue weighted by atomic mass is 19.1. The van der Waals surface area contributed by atoms with E-state index in [1.165, 1.54) is 24.3 Å². The fourth-order valence-corrected chi connectivity index (χ4v) is 2.49. The normalized spacial score (nSPS) is 11.7. The van der Waals surface area contributed by atoms with E-state index in [1.54, 1.807) is 0 Å². The van der Waals surface area contributed by atoms with Crippen molar-refractivity contribution in [1.82, 2.24) is 5.32 Å². The average molecular weight is 359 g/mol. The predicted octanol–water partition coefficient (Wildman–Crippen LogP) is 3.45. The Labute approximate surface area is 151 Å². The van der Waals surface area contributed by atoms with E-state index in [1.807, 2.05) is 30.3 Å². The van der Waals surface area contributed by atoms with E-state index >= 15 is 0 Å². The van der Waals surface area contributed by atoms with Crippen molar-refractivity contribution < 1.29 is 23.8 Å². The van der Waals surface area contributed by atoms with Gasteiger partial charge in [0.25, 0.3) is 0 Å². The molecule has 0 spiro atoms. The van der Waals surface area contributed by atoms with E-state index in [0.717, 1.165) is 5.56 Å². The highest BCUT2D eigenvalue weighted by molar-refractivity contribution is 5.77. The number of benzene rings is 2. The number of nitrogens with one attached hydrogen (secondary N) is 1. The van der Waals surface area contributed by atoms with E-state index in [0.29, 0.717) is 25.2 Å². The number of carboxylic acids is 1. The molecule has 2 N–H and O–H groups in total. The van der Waals surface area contributed by atoms with Crippen LogP contribution in [0.15, 0.2) is 54.6 Å². The molecule has 0 aliphatic carbocycles. The molecular formula is C20H22FNO4. The van der Waals surface area contributed by atoms with Gasteiger partial charge in [0.1, 0.15) is 5.82 Å². The maximum Gasteiger partial charge on any atom is 0.305 e. The molecule has 0 aromatic heterocycles. The van der Waals surface area contributed by atoms with Gasteiger partial charge in [-0.3, -0.25) is 9.59 Å². The maximum absolute atomic E-state index is 13.0. The molecule has 0 saturated carbocycles. The minimum atomic E-state index is -1.04. The van der Waals surface area contributed by atoms with Crippen LogP contribution in [-0.4, -0.2) is 23.6 Å². The van der Waals surface area contributed by atoms with Gasteiger partial charge in [0, 0.05) is 13.0 Å². The van der Waals surface area contributed by atoms with Crippen LogP contribution in [0.3, 0.4) is 0 Å². The summed E-state index contributed by atoms with van der Waals surface area (Å²) in [6, 6.07) is 14.5. The second kappa shape index (κ2) is 10.3. The number of amides is 1. The van der Waals surface area contributed by atoms with Crippen LogP contribution >= 0.6 is 0 Å². The Morgan fingerprint density at radius 1 is 1.08 bits per heavy atom. The number of aliphatic carboxylic acids is 1. The predicted molar refractivity (Wildman–Crippen MR) is 94.9 cm³/mol. The monoisotopic (exact) mass is 359 g/mol. The minimum absolute atomic E-state index is 0.228. The maximum atomic E-state index is 13.0. The minimum Gasteiger partial charge on any atom is -0.481 e. The first-order valence-corrected chi connectivity index (χ1v) is 8.43. The van der Waals surface area contributed by atoms with Gasteiger partial charge in [-0.05, 0) is 29.7 Å². The summed E-state index contributed by atoms with van der Waals surface area (Å²) < 4.78 is 18.5. The summed E-state index contributed by atoms with van der Waals surface area (Å²) in [5, 5.41) is 11.7. The number of hydrogen-bond acceptors (Lipinski definition) is 3. The first-order valence-electron chi connectivity index (χ1n) is 8.43. The zero-order chi connectivity index (χ0) is 18.8. The molecule has 138 valence electrons. The van der Waals surface area contributed by atoms with Gasteiger partial charge < -0.3 is 15.2 Å². The van der Waals surface area contributed by atoms with Crippen LogP contribution in [0.2, 0.25) is 0 Å². The fraction of sp³-hybridized carbons (Fsp3) is 0.300. The number of carboxylic acid groups (broad SMARTS) is 1. The summed E-state index contributed by atoms with van der Waals surface area (Å²) in [5.74, 6) is -1.71. The lowest BCUT2D eigenvalue weighted by Gasteiger charge is -2.17. The molecule has 0 saturated heterocycles. The number of halogens is 1. The van der Waals surface area contributed by atoms with Crippen molar-refractivity contribution in [2.24, 2.45) is 0 Å². The van der Waals surface area contributed by atoms with Gasteiger partial charge in [-0.2, -0.15) is 0 Å². The van der Waals surface area contributed by atoms with Crippen molar-refractivity contribution in [1.29, 1.82) is 0 Å². The highest BCUT2D eigenvalue weighted by Crippen LogP contribution is 2.18. The largest absolute Gasteiger partial charge is 0.481 e. The number of carbonyl (C=O) groups excluding carboxylic acids is 1. The molecule has 0 aliphatic heterocycles. The number of carbonyl (C=O) groups is 2. The van der Waals surface area contributed by atoms with E-state index in [-0.39, 0.29) is 18.7 Å². The van der Waals surface area contributed by atoms with Gasteiger partial charge in [0.05, 0.1) is 19.1 Å². The summed E-state index contributed by atoms with van der Waals surface area (Å²) >= 11 is 0. The average Bonchev–Trinajstić information content (AvgIpc) is 2.62. The Balaban J connectivity index is 1.76. The van der Waals surface area contributed by atoms with E-state index in [9.17, 15) is 14.0 Å². The SMILES string of the molecule is O=C(O)CC(NC(=O)CCCOCc1ccccc1)c1ccc(F)cc1. The summed E-state index contributed by atoms with van der Waals surface area (Å²) in [4.78, 5) is 23.1. The Bertz CT molecular complexity index is 704. The molecule has 0 heterocycles. The second-order valence-corrected chi connectivity index (χ2v) is 5.91. The van der Waals surface area contributed by atoms with Crippen LogP contribution < -0.4 is 5.32 Å². The molecule has 2 aromatic rings. The topological polar surface area (TPSA) is 75.6 Å². The molecule has 6 heteroatoms. The van der Waals surface area contributed by atoms with Gasteiger partial charge >= 0.3 is 5.97 Å². The van der Waals surface area contributed by atoms with Crippen LogP contribution in [0.25, 0.3) is 0 Å². The van der Waals surface area contributed by atoms with Crippen molar-refractivity contribution in [3.8, 4) is 0 Å². The van der Waals surface area contributed by atoms with Crippen LogP contribution in [0, 0.1) is 5.82 Å². The third-order valence-electron chi connectivity index (χ3n) is 3.79. The first-order chi connectivity index (χ1) is 12.5. The van der Waals surface area contributed by atoms with Crippen molar-refractivity contribution in [3.05, 3.63) is 71.5 Å². The molecule has 1 unspecified atom stereocenters. The molecule has 1 amide bonds. The number of rotatable bonds is 10. The molecule has 26 heavy (non-hydrogen) atoms. The van der Waals surface area contributed by atoms with Gasteiger partial charge in [-0.25, -0.2) is 4.39 Å². The van der Waals surface area contributed by atoms with Gasteiger partial charge in [0.2, 0.25) is 5.91 Å². The Kier molecular flexibility index (Phi) is 7.76. The lowest BCUT2D eigenvalue weighted by atomic mass is 10.0. The Morgan fingerprint density at radius 2 is 1.77 bits per heavy atom. The molecule has 0 fully saturated rings. The van der Waals surface area contributed by atoms with Crippen LogP contribution in [-0.2, 0) is 20.9 Å². The zero-order valence-electron chi connectivity index (χ0n) is 14.4. The van der Waals surface area contributed by atoms with E-state index < -0.39 is 17.8 Å². The molecule has 5 nitrogen and oxygen atoms in total. The van der Waals surface area contributed by atoms with Crippen LogP contribution in [0.5, 0.6) is 0 Å². The smallest absolute Gasteiger partial charge is 0.305 e. The summed E-state index contributed by atoms with van der Waals surface area (Å²) in [7, 11) is 0. The van der Waals surface area contributed by atoms with E-state index in [2.05, 4.69) is 5.32 Å². The standard InChI is InChI=1S/C20H22FNO4/c21-17-10-8-16(9-11-17)18(13-20(24)25)22-19(23)7-4-12-26-14-15-5-2-1-3-6-15/h1-3,5-6,8-11,18H,4,7,12-14H2,(H,22,23)(H,24,25). The summed E-state index contributed by atoms with van der Waals surface area (Å²) in [6.07, 6.45) is 0.496. The van der Waals surface area contributed by atoms with Gasteiger partial charge in [-0.15, -0.1) is 0 Å². The lowest BCUT2D eigenvalue weighted by molar-refractivity contribution is -0.137. The van der Waals surface area contributed by atoms with Gasteiger partial charge in [-0.1, -0.05) is 42.5 Å². The lowest BCUT2D eigenvalue weighted by Crippen LogP contribution is -2.30.